The van der Waals surface area contributed by atoms with E-state index in [9.17, 15) is 4.79 Å². The smallest absolute Gasteiger partial charge is 0.347 e. The zero-order valence-electron chi connectivity index (χ0n) is 16.7. The van der Waals surface area contributed by atoms with Gasteiger partial charge in [0.05, 0.1) is 6.61 Å². The van der Waals surface area contributed by atoms with Crippen molar-refractivity contribution in [2.75, 3.05) is 33.4 Å². The van der Waals surface area contributed by atoms with E-state index in [-0.39, 0.29) is 18.4 Å². The number of hydrogen-bond acceptors (Lipinski definition) is 4. The van der Waals surface area contributed by atoms with E-state index in [1.54, 1.807) is 0 Å². The van der Waals surface area contributed by atoms with Gasteiger partial charge in [-0.1, -0.05) is 60.7 Å². The number of rotatable bonds is 7. The fraction of sp³-hybridized carbons (Fsp3) is 0.435. The maximum absolute atomic E-state index is 13.4. The van der Waals surface area contributed by atoms with Crippen LogP contribution in [0, 0.1) is 5.92 Å². The summed E-state index contributed by atoms with van der Waals surface area (Å²) in [4.78, 5) is 15.7. The molecule has 1 aliphatic rings. The van der Waals surface area contributed by atoms with Crippen molar-refractivity contribution < 1.29 is 14.3 Å². The third kappa shape index (κ3) is 4.93. The lowest BCUT2D eigenvalue weighted by molar-refractivity contribution is -0.170. The van der Waals surface area contributed by atoms with Crippen LogP contribution in [-0.4, -0.2) is 44.2 Å². The predicted molar refractivity (Wildman–Crippen MR) is 114 cm³/mol. The second-order valence-corrected chi connectivity index (χ2v) is 7.22. The predicted octanol–water partition coefficient (Wildman–Crippen LogP) is 4.27. The summed E-state index contributed by atoms with van der Waals surface area (Å²) < 4.78 is 12.0. The van der Waals surface area contributed by atoms with Gasteiger partial charge in [-0.3, -0.25) is 0 Å². The van der Waals surface area contributed by atoms with Crippen LogP contribution in [0.25, 0.3) is 0 Å². The second kappa shape index (κ2) is 10.6. The molecule has 3 rings (SSSR count). The number of halogens is 1. The highest BCUT2D eigenvalue weighted by Crippen LogP contribution is 2.35. The lowest BCUT2D eigenvalue weighted by atomic mass is 9.86. The average Bonchev–Trinajstić information content (AvgIpc) is 2.71. The number of ether oxygens (including phenoxy) is 2. The molecule has 152 valence electrons. The number of benzene rings is 2. The maximum atomic E-state index is 13.4. The van der Waals surface area contributed by atoms with E-state index in [4.69, 9.17) is 9.47 Å². The number of hydrogen-bond donors (Lipinski definition) is 0. The van der Waals surface area contributed by atoms with Gasteiger partial charge >= 0.3 is 5.97 Å². The Hall–Kier alpha value is -1.88. The summed E-state index contributed by atoms with van der Waals surface area (Å²) in [6, 6.07) is 19.3. The van der Waals surface area contributed by atoms with Gasteiger partial charge in [-0.15, -0.1) is 12.4 Å². The summed E-state index contributed by atoms with van der Waals surface area (Å²) in [6.07, 6.45) is 2.24. The van der Waals surface area contributed by atoms with Crippen LogP contribution in [0.2, 0.25) is 0 Å². The Labute approximate surface area is 174 Å². The SMILES string of the molecule is CCOC(C(=O)OCC1CCCN(C)C1)(c1ccccc1)c1ccccc1.Cl. The van der Waals surface area contributed by atoms with Crippen LogP contribution in [0.5, 0.6) is 0 Å². The molecule has 0 amide bonds. The van der Waals surface area contributed by atoms with Gasteiger partial charge in [0.1, 0.15) is 0 Å². The summed E-state index contributed by atoms with van der Waals surface area (Å²) in [7, 11) is 2.12. The summed E-state index contributed by atoms with van der Waals surface area (Å²) in [5.41, 5.74) is 0.352. The van der Waals surface area contributed by atoms with Gasteiger partial charge in [0, 0.05) is 19.1 Å². The maximum Gasteiger partial charge on any atom is 0.347 e. The molecule has 0 bridgehead atoms. The molecule has 1 atom stereocenters. The molecular weight excluding hydrogens is 374 g/mol. The molecule has 2 aromatic rings. The van der Waals surface area contributed by atoms with Gasteiger partial charge < -0.3 is 14.4 Å². The zero-order valence-corrected chi connectivity index (χ0v) is 17.5. The van der Waals surface area contributed by atoms with Crippen LogP contribution in [0.15, 0.2) is 60.7 Å². The molecule has 1 heterocycles. The van der Waals surface area contributed by atoms with E-state index in [0.29, 0.717) is 19.1 Å². The minimum atomic E-state index is -1.24. The Morgan fingerprint density at radius 3 is 2.14 bits per heavy atom. The Bertz CT molecular complexity index is 684. The highest BCUT2D eigenvalue weighted by Gasteiger charge is 2.45. The van der Waals surface area contributed by atoms with Gasteiger partial charge in [-0.05, 0) is 44.5 Å². The second-order valence-electron chi connectivity index (χ2n) is 7.22. The third-order valence-electron chi connectivity index (χ3n) is 5.18. The molecular formula is C23H30ClNO3. The van der Waals surface area contributed by atoms with E-state index in [0.717, 1.165) is 37.1 Å². The first-order chi connectivity index (χ1) is 13.2. The minimum absolute atomic E-state index is 0. The quantitative estimate of drug-likeness (QED) is 0.647. The van der Waals surface area contributed by atoms with E-state index in [1.807, 2.05) is 67.6 Å². The van der Waals surface area contributed by atoms with Crippen LogP contribution < -0.4 is 0 Å². The van der Waals surface area contributed by atoms with Crippen molar-refractivity contribution in [1.29, 1.82) is 0 Å². The number of likely N-dealkylation sites (tertiary alicyclic amines) is 1. The van der Waals surface area contributed by atoms with Crippen molar-refractivity contribution in [2.24, 2.45) is 5.92 Å². The van der Waals surface area contributed by atoms with E-state index in [2.05, 4.69) is 11.9 Å². The highest BCUT2D eigenvalue weighted by atomic mass is 35.5. The molecule has 1 aliphatic heterocycles. The molecule has 0 spiro atoms. The zero-order chi connectivity index (χ0) is 19.1. The highest BCUT2D eigenvalue weighted by molar-refractivity contribution is 5.86. The van der Waals surface area contributed by atoms with Gasteiger partial charge in [-0.25, -0.2) is 4.79 Å². The Balaban J connectivity index is 0.00000280. The van der Waals surface area contributed by atoms with Crippen LogP contribution in [0.1, 0.15) is 30.9 Å². The fourth-order valence-electron chi connectivity index (χ4n) is 3.89. The average molecular weight is 404 g/mol. The Morgan fingerprint density at radius 2 is 1.64 bits per heavy atom. The van der Waals surface area contributed by atoms with Gasteiger partial charge in [-0.2, -0.15) is 0 Å². The molecule has 1 fully saturated rings. The number of carbonyl (C=O) groups excluding carboxylic acids is 1. The largest absolute Gasteiger partial charge is 0.463 e. The van der Waals surface area contributed by atoms with Crippen molar-refractivity contribution in [1.82, 2.24) is 4.90 Å². The van der Waals surface area contributed by atoms with Crippen molar-refractivity contribution in [3.05, 3.63) is 71.8 Å². The van der Waals surface area contributed by atoms with E-state index >= 15 is 0 Å². The number of piperidine rings is 1. The molecule has 0 N–H and O–H groups in total. The molecule has 4 nitrogen and oxygen atoms in total. The van der Waals surface area contributed by atoms with Crippen molar-refractivity contribution >= 4 is 18.4 Å². The molecule has 2 aromatic carbocycles. The van der Waals surface area contributed by atoms with Crippen LogP contribution >= 0.6 is 12.4 Å². The summed E-state index contributed by atoms with van der Waals surface area (Å²) >= 11 is 0. The monoisotopic (exact) mass is 403 g/mol. The lowest BCUT2D eigenvalue weighted by Crippen LogP contribution is -2.43. The fourth-order valence-corrected chi connectivity index (χ4v) is 3.89. The molecule has 0 aliphatic carbocycles. The molecule has 0 radical (unpaired) electrons. The third-order valence-corrected chi connectivity index (χ3v) is 5.18. The summed E-state index contributed by atoms with van der Waals surface area (Å²) in [5.74, 6) is 0.0357. The van der Waals surface area contributed by atoms with Gasteiger partial charge in [0.25, 0.3) is 0 Å². The first-order valence-corrected chi connectivity index (χ1v) is 9.77. The van der Waals surface area contributed by atoms with E-state index < -0.39 is 5.60 Å². The van der Waals surface area contributed by atoms with Crippen LogP contribution in [-0.2, 0) is 19.9 Å². The normalized spacial score (nSPS) is 17.6. The topological polar surface area (TPSA) is 38.8 Å². The van der Waals surface area contributed by atoms with Gasteiger partial charge in [0.2, 0.25) is 5.60 Å². The number of esters is 1. The number of carbonyl (C=O) groups is 1. The van der Waals surface area contributed by atoms with Gasteiger partial charge in [0.15, 0.2) is 0 Å². The standard InChI is InChI=1S/C23H29NO3.ClH/c1-3-27-23(20-12-6-4-7-13-20,21-14-8-5-9-15-21)22(25)26-18-19-11-10-16-24(2)17-19;/h4-9,12-15,19H,3,10-11,16-18H2,1-2H3;1H. The van der Waals surface area contributed by atoms with Crippen LogP contribution in [0.3, 0.4) is 0 Å². The first-order valence-electron chi connectivity index (χ1n) is 9.77. The summed E-state index contributed by atoms with van der Waals surface area (Å²) in [5, 5.41) is 0. The van der Waals surface area contributed by atoms with Crippen LogP contribution in [0.4, 0.5) is 0 Å². The molecule has 0 saturated carbocycles. The minimum Gasteiger partial charge on any atom is -0.463 e. The number of nitrogens with zero attached hydrogens (tertiary/aromatic N) is 1. The van der Waals surface area contributed by atoms with Crippen molar-refractivity contribution in [2.45, 2.75) is 25.4 Å². The van der Waals surface area contributed by atoms with Crippen molar-refractivity contribution in [3.8, 4) is 0 Å². The van der Waals surface area contributed by atoms with Crippen molar-refractivity contribution in [3.63, 3.8) is 0 Å². The Kier molecular flexibility index (Phi) is 8.49. The molecule has 5 heteroatoms. The summed E-state index contributed by atoms with van der Waals surface area (Å²) in [6.45, 7) is 4.82. The molecule has 28 heavy (non-hydrogen) atoms. The molecule has 1 saturated heterocycles. The molecule has 0 aromatic heterocycles. The lowest BCUT2D eigenvalue weighted by Gasteiger charge is -2.34. The first kappa shape index (κ1) is 22.4. The molecule has 1 unspecified atom stereocenters. The Morgan fingerprint density at radius 1 is 1.07 bits per heavy atom. The van der Waals surface area contributed by atoms with E-state index in [1.165, 1.54) is 0 Å².